The lowest BCUT2D eigenvalue weighted by atomic mass is 10.2. The third-order valence-corrected chi connectivity index (χ3v) is 9.40. The summed E-state index contributed by atoms with van der Waals surface area (Å²) < 4.78 is 33.1. The van der Waals surface area contributed by atoms with Gasteiger partial charge in [0, 0.05) is 35.9 Å². The number of aromatic amines is 1. The number of fused-ring (bicyclic) bond motifs is 1. The quantitative estimate of drug-likeness (QED) is 0.215. The highest BCUT2D eigenvalue weighted by molar-refractivity contribution is 7.92. The maximum atomic E-state index is 13.2. The van der Waals surface area contributed by atoms with Crippen LogP contribution in [0.2, 0.25) is 0 Å². The Morgan fingerprint density at radius 2 is 1.76 bits per heavy atom. The second-order valence-corrected chi connectivity index (χ2v) is 12.7. The van der Waals surface area contributed by atoms with Gasteiger partial charge in [0.05, 0.1) is 29.8 Å². The Labute approximate surface area is 240 Å². The van der Waals surface area contributed by atoms with Gasteiger partial charge in [-0.3, -0.25) is 9.69 Å². The van der Waals surface area contributed by atoms with Gasteiger partial charge in [-0.2, -0.15) is 0 Å². The fourth-order valence-electron chi connectivity index (χ4n) is 4.50. The zero-order valence-corrected chi connectivity index (χ0v) is 23.9. The molecule has 1 aliphatic rings. The molecule has 41 heavy (non-hydrogen) atoms. The van der Waals surface area contributed by atoms with Crippen molar-refractivity contribution in [1.82, 2.24) is 19.2 Å². The van der Waals surface area contributed by atoms with Crippen LogP contribution in [-0.4, -0.2) is 68.3 Å². The van der Waals surface area contributed by atoms with Crippen LogP contribution in [0, 0.1) is 6.92 Å². The molecule has 1 fully saturated rings. The lowest BCUT2D eigenvalue weighted by molar-refractivity contribution is 0.0378. The minimum atomic E-state index is -4.00. The number of ether oxygens (including phenoxy) is 1. The predicted octanol–water partition coefficient (Wildman–Crippen LogP) is 2.69. The molecule has 14 heteroatoms. The Morgan fingerprint density at radius 3 is 2.46 bits per heavy atom. The molecule has 12 nitrogen and oxygen atoms in total. The van der Waals surface area contributed by atoms with E-state index < -0.39 is 27.3 Å². The van der Waals surface area contributed by atoms with E-state index in [1.165, 1.54) is 30.3 Å². The van der Waals surface area contributed by atoms with Gasteiger partial charge in [0.2, 0.25) is 0 Å². The van der Waals surface area contributed by atoms with Gasteiger partial charge in [-0.25, -0.2) is 27.3 Å². The van der Waals surface area contributed by atoms with Gasteiger partial charge in [-0.15, -0.1) is 11.3 Å². The molecule has 5 rings (SSSR count). The number of benzene rings is 2. The summed E-state index contributed by atoms with van der Waals surface area (Å²) in [5, 5.41) is 6.13. The minimum Gasteiger partial charge on any atom is -0.385 e. The van der Waals surface area contributed by atoms with Crippen LogP contribution in [-0.2, 0) is 14.8 Å². The number of amides is 2. The lowest BCUT2D eigenvalue weighted by Gasteiger charge is -2.26. The average Bonchev–Trinajstić information content (AvgIpc) is 3.39. The Balaban J connectivity index is 1.24. The summed E-state index contributed by atoms with van der Waals surface area (Å²) in [5.74, 6) is 0. The van der Waals surface area contributed by atoms with Gasteiger partial charge >= 0.3 is 11.7 Å². The molecule has 1 saturated heterocycles. The largest absolute Gasteiger partial charge is 0.385 e. The highest BCUT2D eigenvalue weighted by Gasteiger charge is 2.19. The zero-order chi connectivity index (χ0) is 29.0. The summed E-state index contributed by atoms with van der Waals surface area (Å²) in [4.78, 5) is 44.3. The van der Waals surface area contributed by atoms with E-state index in [0.717, 1.165) is 72.3 Å². The van der Waals surface area contributed by atoms with Crippen LogP contribution in [0.3, 0.4) is 0 Å². The van der Waals surface area contributed by atoms with E-state index in [9.17, 15) is 22.8 Å². The third kappa shape index (κ3) is 6.85. The molecule has 0 spiro atoms. The molecule has 0 atom stereocenters. The third-order valence-electron chi connectivity index (χ3n) is 6.57. The van der Waals surface area contributed by atoms with Gasteiger partial charge in [0.15, 0.2) is 0 Å². The number of carbonyl (C=O) groups excluding carboxylic acids is 1. The number of rotatable bonds is 9. The first-order valence-corrected chi connectivity index (χ1v) is 15.3. The highest BCUT2D eigenvalue weighted by Crippen LogP contribution is 2.21. The van der Waals surface area contributed by atoms with E-state index in [1.807, 2.05) is 4.72 Å². The number of aryl methyl sites for hydroxylation is 1. The Hall–Kier alpha value is -3.98. The van der Waals surface area contributed by atoms with Crippen LogP contribution < -0.4 is 26.6 Å². The smallest absolute Gasteiger partial charge is 0.333 e. The fraction of sp³-hybridized carbons (Fsp3) is 0.296. The van der Waals surface area contributed by atoms with Crippen molar-refractivity contribution in [3.05, 3.63) is 80.3 Å². The number of hydrogen-bond acceptors (Lipinski definition) is 9. The average molecular weight is 599 g/mol. The second kappa shape index (κ2) is 12.3. The summed E-state index contributed by atoms with van der Waals surface area (Å²) in [5.41, 5.74) is 0.694. The fourth-order valence-corrected chi connectivity index (χ4v) is 6.69. The molecule has 2 aromatic carbocycles. The second-order valence-electron chi connectivity index (χ2n) is 9.54. The van der Waals surface area contributed by atoms with E-state index in [-0.39, 0.29) is 15.6 Å². The first kappa shape index (κ1) is 28.5. The molecule has 0 saturated carbocycles. The normalized spacial score (nSPS) is 14.2. The number of sulfonamides is 1. The van der Waals surface area contributed by atoms with Crippen LogP contribution in [0.4, 0.5) is 16.2 Å². The maximum Gasteiger partial charge on any atom is 0.333 e. The van der Waals surface area contributed by atoms with Crippen LogP contribution in [0.15, 0.2) is 68.4 Å². The number of urea groups is 1. The van der Waals surface area contributed by atoms with E-state index >= 15 is 0 Å². The molecule has 0 unspecified atom stereocenters. The van der Waals surface area contributed by atoms with Gasteiger partial charge < -0.3 is 20.4 Å². The van der Waals surface area contributed by atoms with Crippen molar-refractivity contribution in [3.63, 3.8) is 0 Å². The summed E-state index contributed by atoms with van der Waals surface area (Å²) in [6.45, 7) is 6.91. The molecule has 2 aromatic heterocycles. The minimum absolute atomic E-state index is 0.0297. The first-order chi connectivity index (χ1) is 19.7. The molecule has 0 aliphatic carbocycles. The molecule has 0 radical (unpaired) electrons. The van der Waals surface area contributed by atoms with Gasteiger partial charge in [-0.05, 0) is 74.5 Å². The number of anilines is 2. The standard InChI is InChI=1S/C27H30N6O6S2/c1-18-3-10-24(40-18)41(37,38)31-26(35)29-19-4-7-21(8-5-19)33-25(34)22-9-6-20(17-23(22)30-27(33)36)28-11-2-12-32-13-15-39-16-14-32/h3-10,17,28H,2,11-16H2,1H3,(H,30,36)(H2,29,31,35). The molecule has 4 aromatic rings. The van der Waals surface area contributed by atoms with Gasteiger partial charge in [-0.1, -0.05) is 0 Å². The van der Waals surface area contributed by atoms with Crippen molar-refractivity contribution in [2.75, 3.05) is 50.0 Å². The van der Waals surface area contributed by atoms with E-state index in [2.05, 4.69) is 20.5 Å². The molecule has 4 N–H and O–H groups in total. The number of thiophene rings is 1. The van der Waals surface area contributed by atoms with Crippen molar-refractivity contribution in [2.45, 2.75) is 17.6 Å². The number of morpholine rings is 1. The van der Waals surface area contributed by atoms with Crippen molar-refractivity contribution in [1.29, 1.82) is 0 Å². The van der Waals surface area contributed by atoms with E-state index in [4.69, 9.17) is 4.74 Å². The zero-order valence-electron chi connectivity index (χ0n) is 22.3. The number of hydrogen-bond donors (Lipinski definition) is 4. The molecular formula is C27H30N6O6S2. The van der Waals surface area contributed by atoms with Crippen molar-refractivity contribution >= 4 is 49.7 Å². The van der Waals surface area contributed by atoms with Crippen molar-refractivity contribution < 1.29 is 17.9 Å². The summed E-state index contributed by atoms with van der Waals surface area (Å²) in [6, 6.07) is 13.3. The Kier molecular flexibility index (Phi) is 8.54. The van der Waals surface area contributed by atoms with Crippen molar-refractivity contribution in [2.24, 2.45) is 0 Å². The van der Waals surface area contributed by atoms with Gasteiger partial charge in [0.25, 0.3) is 15.6 Å². The van der Waals surface area contributed by atoms with Crippen molar-refractivity contribution in [3.8, 4) is 5.69 Å². The molecule has 0 bridgehead atoms. The number of nitrogens with one attached hydrogen (secondary N) is 4. The molecular weight excluding hydrogens is 568 g/mol. The highest BCUT2D eigenvalue weighted by atomic mass is 32.2. The first-order valence-electron chi connectivity index (χ1n) is 13.0. The number of nitrogens with zero attached hydrogens (tertiary/aromatic N) is 2. The molecule has 216 valence electrons. The topological polar surface area (TPSA) is 155 Å². The molecule has 3 heterocycles. The van der Waals surface area contributed by atoms with Gasteiger partial charge in [0.1, 0.15) is 4.21 Å². The van der Waals surface area contributed by atoms with Crippen LogP contribution in [0.25, 0.3) is 16.6 Å². The Morgan fingerprint density at radius 1 is 1.02 bits per heavy atom. The van der Waals surface area contributed by atoms with Crippen LogP contribution in [0.1, 0.15) is 11.3 Å². The SMILES string of the molecule is Cc1ccc(S(=O)(=O)NC(=O)Nc2ccc(-n3c(=O)[nH]c4cc(NCCCN5CCOCC5)ccc4c3=O)cc2)s1. The predicted molar refractivity (Wildman–Crippen MR) is 159 cm³/mol. The summed E-state index contributed by atoms with van der Waals surface area (Å²) in [6.07, 6.45) is 0.951. The summed E-state index contributed by atoms with van der Waals surface area (Å²) in [7, 11) is -4.00. The Bertz CT molecular complexity index is 1770. The molecule has 2 amide bonds. The summed E-state index contributed by atoms with van der Waals surface area (Å²) >= 11 is 1.05. The monoisotopic (exact) mass is 598 g/mol. The van der Waals surface area contributed by atoms with E-state index in [1.54, 1.807) is 31.2 Å². The molecule has 1 aliphatic heterocycles. The van der Waals surface area contributed by atoms with Crippen LogP contribution >= 0.6 is 11.3 Å². The maximum absolute atomic E-state index is 13.2. The van der Waals surface area contributed by atoms with Crippen LogP contribution in [0.5, 0.6) is 0 Å². The number of H-pyrrole nitrogens is 1. The lowest BCUT2D eigenvalue weighted by Crippen LogP contribution is -2.37. The van der Waals surface area contributed by atoms with E-state index in [0.29, 0.717) is 10.9 Å². The number of carbonyl (C=O) groups is 1. The number of aromatic nitrogens is 2.